The van der Waals surface area contributed by atoms with E-state index in [0.717, 1.165) is 12.1 Å². The molecule has 0 radical (unpaired) electrons. The second-order valence-electron chi connectivity index (χ2n) is 3.10. The summed E-state index contributed by atoms with van der Waals surface area (Å²) in [6.07, 6.45) is 0. The van der Waals surface area contributed by atoms with Gasteiger partial charge in [0.25, 0.3) is 10.5 Å². The normalized spacial score (nSPS) is 9.89. The van der Waals surface area contributed by atoms with Crippen LogP contribution in [0.15, 0.2) is 12.1 Å². The summed E-state index contributed by atoms with van der Waals surface area (Å²) in [4.78, 5) is 43.9. The van der Waals surface area contributed by atoms with Crippen molar-refractivity contribution < 1.29 is 29.4 Å². The molecule has 0 aliphatic rings. The van der Waals surface area contributed by atoms with Crippen molar-refractivity contribution in [1.82, 2.24) is 0 Å². The number of rotatable bonds is 4. The van der Waals surface area contributed by atoms with Gasteiger partial charge in [-0.25, -0.2) is 9.59 Å². The highest BCUT2D eigenvalue weighted by molar-refractivity contribution is 6.69. The fraction of sp³-hybridized carbons (Fsp3) is 0. The van der Waals surface area contributed by atoms with E-state index in [2.05, 4.69) is 0 Å². The van der Waals surface area contributed by atoms with E-state index in [9.17, 15) is 19.2 Å². The molecule has 0 amide bonds. The number of carbonyl (C=O) groups excluding carboxylic acids is 2. The highest BCUT2D eigenvalue weighted by atomic mass is 35.5. The van der Waals surface area contributed by atoms with E-state index in [4.69, 9.17) is 33.4 Å². The first-order valence-electron chi connectivity index (χ1n) is 4.30. The number of hydrogen-bond donors (Lipinski definition) is 2. The third-order valence-corrected chi connectivity index (χ3v) is 2.44. The fourth-order valence-corrected chi connectivity index (χ4v) is 1.57. The van der Waals surface area contributed by atoms with Gasteiger partial charge in [0.1, 0.15) is 0 Å². The Morgan fingerprint density at radius 3 is 1.67 bits per heavy atom. The van der Waals surface area contributed by atoms with Gasteiger partial charge in [0.05, 0.1) is 16.7 Å². The van der Waals surface area contributed by atoms with Crippen LogP contribution in [0.5, 0.6) is 0 Å². The van der Waals surface area contributed by atoms with E-state index >= 15 is 0 Å². The molecule has 0 spiro atoms. The third kappa shape index (κ3) is 2.66. The summed E-state index contributed by atoms with van der Waals surface area (Å²) < 4.78 is 0. The van der Waals surface area contributed by atoms with Crippen LogP contribution < -0.4 is 0 Å². The summed E-state index contributed by atoms with van der Waals surface area (Å²) >= 11 is 10.3. The minimum atomic E-state index is -1.65. The first kappa shape index (κ1) is 14.1. The van der Waals surface area contributed by atoms with Gasteiger partial charge in [-0.15, -0.1) is 0 Å². The van der Waals surface area contributed by atoms with Crippen molar-refractivity contribution in [3.8, 4) is 0 Å². The fourth-order valence-electron chi connectivity index (χ4n) is 1.31. The Kier molecular flexibility index (Phi) is 4.05. The zero-order valence-electron chi connectivity index (χ0n) is 8.44. The van der Waals surface area contributed by atoms with Gasteiger partial charge in [0.15, 0.2) is 0 Å². The van der Waals surface area contributed by atoms with Gasteiger partial charge < -0.3 is 10.2 Å². The van der Waals surface area contributed by atoms with Crippen LogP contribution in [0.4, 0.5) is 0 Å². The van der Waals surface area contributed by atoms with E-state index in [0.29, 0.717) is 0 Å². The first-order valence-corrected chi connectivity index (χ1v) is 5.05. The van der Waals surface area contributed by atoms with Crippen molar-refractivity contribution >= 4 is 45.6 Å². The minimum absolute atomic E-state index is 0.330. The SMILES string of the molecule is O=C(Cl)c1cc(C(=O)O)c(C(=O)O)c(C(=O)Cl)c1. The lowest BCUT2D eigenvalue weighted by Crippen LogP contribution is -2.14. The lowest BCUT2D eigenvalue weighted by atomic mass is 9.98. The maximum Gasteiger partial charge on any atom is 0.337 e. The number of halogens is 2. The molecule has 0 fully saturated rings. The van der Waals surface area contributed by atoms with Crippen molar-refractivity contribution in [1.29, 1.82) is 0 Å². The lowest BCUT2D eigenvalue weighted by Gasteiger charge is -2.07. The molecule has 2 N–H and O–H groups in total. The molecule has 0 saturated heterocycles. The van der Waals surface area contributed by atoms with Crippen LogP contribution in [0.25, 0.3) is 0 Å². The summed E-state index contributed by atoms with van der Waals surface area (Å²) in [5.41, 5.74) is -2.46. The van der Waals surface area contributed by atoms with Gasteiger partial charge in [0, 0.05) is 5.56 Å². The van der Waals surface area contributed by atoms with Crippen molar-refractivity contribution in [2.24, 2.45) is 0 Å². The number of hydrogen-bond acceptors (Lipinski definition) is 4. The van der Waals surface area contributed by atoms with Crippen molar-refractivity contribution in [2.45, 2.75) is 0 Å². The van der Waals surface area contributed by atoms with Gasteiger partial charge in [-0.3, -0.25) is 9.59 Å². The number of carbonyl (C=O) groups is 4. The van der Waals surface area contributed by atoms with Crippen LogP contribution in [-0.4, -0.2) is 32.6 Å². The Labute approximate surface area is 110 Å². The zero-order valence-corrected chi connectivity index (χ0v) is 9.95. The Morgan fingerprint density at radius 1 is 0.833 bits per heavy atom. The van der Waals surface area contributed by atoms with Crippen LogP contribution in [0.1, 0.15) is 41.4 Å². The highest BCUT2D eigenvalue weighted by Crippen LogP contribution is 2.21. The molecule has 0 atom stereocenters. The Bertz CT molecular complexity index is 543. The molecule has 0 saturated carbocycles. The van der Waals surface area contributed by atoms with Gasteiger partial charge in [-0.1, -0.05) is 0 Å². The van der Waals surface area contributed by atoms with Crippen LogP contribution in [0.3, 0.4) is 0 Å². The predicted octanol–water partition coefficient (Wildman–Crippen LogP) is 1.84. The van der Waals surface area contributed by atoms with Gasteiger partial charge >= 0.3 is 11.9 Å². The molecule has 0 aliphatic heterocycles. The molecule has 1 rings (SSSR count). The average Bonchev–Trinajstić information content (AvgIpc) is 2.26. The van der Waals surface area contributed by atoms with E-state index in [-0.39, 0.29) is 5.56 Å². The van der Waals surface area contributed by atoms with Crippen molar-refractivity contribution in [3.05, 3.63) is 34.4 Å². The maximum atomic E-state index is 11.1. The highest BCUT2D eigenvalue weighted by Gasteiger charge is 2.25. The largest absolute Gasteiger partial charge is 0.478 e. The number of aromatic carboxylic acids is 2. The molecule has 1 aromatic rings. The van der Waals surface area contributed by atoms with Crippen LogP contribution in [0, 0.1) is 0 Å². The Morgan fingerprint density at radius 2 is 1.33 bits per heavy atom. The molecule has 0 bridgehead atoms. The van der Waals surface area contributed by atoms with E-state index in [1.54, 1.807) is 0 Å². The monoisotopic (exact) mass is 290 g/mol. The molecule has 18 heavy (non-hydrogen) atoms. The third-order valence-electron chi connectivity index (χ3n) is 2.02. The average molecular weight is 291 g/mol. The Hall–Kier alpha value is -1.92. The van der Waals surface area contributed by atoms with Gasteiger partial charge in [0.2, 0.25) is 0 Å². The van der Waals surface area contributed by atoms with Crippen LogP contribution >= 0.6 is 23.2 Å². The molecule has 1 aromatic carbocycles. The molecule has 6 nitrogen and oxygen atoms in total. The Balaban J connectivity index is 3.76. The standard InChI is InChI=1S/C10H4Cl2O6/c11-7(13)3-1-4(8(12)14)6(10(17)18)5(2-3)9(15)16/h1-2H,(H,15,16)(H,17,18). The molecular weight excluding hydrogens is 287 g/mol. The zero-order chi connectivity index (χ0) is 14.0. The first-order chi connectivity index (χ1) is 8.25. The van der Waals surface area contributed by atoms with Crippen LogP contribution in [0.2, 0.25) is 0 Å². The van der Waals surface area contributed by atoms with E-state index in [1.165, 1.54) is 0 Å². The summed E-state index contributed by atoms with van der Waals surface area (Å²) in [6.45, 7) is 0. The molecule has 0 unspecified atom stereocenters. The maximum absolute atomic E-state index is 11.1. The molecule has 94 valence electrons. The summed E-state index contributed by atoms with van der Waals surface area (Å²) in [5.74, 6) is -3.27. The molecule has 0 heterocycles. The molecule has 0 aliphatic carbocycles. The van der Waals surface area contributed by atoms with Gasteiger partial charge in [-0.2, -0.15) is 0 Å². The smallest absolute Gasteiger partial charge is 0.337 e. The number of carboxylic acids is 2. The molecular formula is C10H4Cl2O6. The molecule has 0 aromatic heterocycles. The summed E-state index contributed by atoms with van der Waals surface area (Å²) in [5, 5.41) is 15.5. The number of benzene rings is 1. The molecule has 8 heteroatoms. The summed E-state index contributed by atoms with van der Waals surface area (Å²) in [6, 6.07) is 1.60. The quantitative estimate of drug-likeness (QED) is 0.819. The topological polar surface area (TPSA) is 109 Å². The second-order valence-corrected chi connectivity index (χ2v) is 3.79. The number of carboxylic acid groups (broad SMARTS) is 2. The van der Waals surface area contributed by atoms with E-state index < -0.39 is 39.1 Å². The van der Waals surface area contributed by atoms with Gasteiger partial charge in [-0.05, 0) is 35.3 Å². The minimum Gasteiger partial charge on any atom is -0.478 e. The van der Waals surface area contributed by atoms with E-state index in [1.807, 2.05) is 0 Å². The van der Waals surface area contributed by atoms with Crippen LogP contribution in [-0.2, 0) is 0 Å². The lowest BCUT2D eigenvalue weighted by molar-refractivity contribution is 0.0650. The second kappa shape index (κ2) is 5.16. The van der Waals surface area contributed by atoms with Crippen molar-refractivity contribution in [2.75, 3.05) is 0 Å². The van der Waals surface area contributed by atoms with Crippen molar-refractivity contribution in [3.63, 3.8) is 0 Å². The summed E-state index contributed by atoms with van der Waals surface area (Å²) in [7, 11) is 0. The predicted molar refractivity (Wildman–Crippen MR) is 60.7 cm³/mol.